The fourth-order valence-corrected chi connectivity index (χ4v) is 8.97. The molecule has 21 heteroatoms. The molecule has 0 spiro atoms. The van der Waals surface area contributed by atoms with Crippen LogP contribution in [0, 0.1) is 0 Å². The molecule has 0 aromatic heterocycles. The molecule has 8 nitrogen and oxygen atoms in total. The predicted octanol–water partition coefficient (Wildman–Crippen LogP) is 10.7. The zero-order valence-corrected chi connectivity index (χ0v) is 36.1. The fraction of sp³-hybridized carbons (Fsp3) is 0.304. The van der Waals surface area contributed by atoms with Gasteiger partial charge in [-0.2, -0.15) is 52.7 Å². The van der Waals surface area contributed by atoms with Crippen LogP contribution in [0.25, 0.3) is 34.4 Å². The molecule has 2 aliphatic heterocycles. The van der Waals surface area contributed by atoms with E-state index in [0.717, 1.165) is 72.8 Å². The molecule has 4 aromatic carbocycles. The first-order valence-corrected chi connectivity index (χ1v) is 21.0. The van der Waals surface area contributed by atoms with E-state index >= 15 is 26.3 Å². The molecule has 2 saturated heterocycles. The summed E-state index contributed by atoms with van der Waals surface area (Å²) in [6.07, 6.45) is -18.5. The van der Waals surface area contributed by atoms with E-state index < -0.39 is 102 Å². The van der Waals surface area contributed by atoms with Crippen LogP contribution in [-0.4, -0.2) is 95.6 Å². The molecule has 2 heterocycles. The van der Waals surface area contributed by atoms with Gasteiger partial charge in [0.1, 0.15) is 0 Å². The molecule has 0 radical (unpaired) electrons. The monoisotopic (exact) mass is 970 g/mol. The van der Waals surface area contributed by atoms with Crippen molar-refractivity contribution in [2.45, 2.75) is 48.3 Å². The Balaban J connectivity index is 1.55. The Labute approximate surface area is 379 Å². The quantitative estimate of drug-likeness (QED) is 0.130. The van der Waals surface area contributed by atoms with E-state index in [1.165, 1.54) is 33.4 Å². The van der Waals surface area contributed by atoms with Crippen LogP contribution in [0.15, 0.2) is 94.7 Å². The number of benzene rings is 4. The van der Waals surface area contributed by atoms with Gasteiger partial charge in [-0.3, -0.25) is 19.2 Å². The molecule has 0 N–H and O–H groups in total. The number of halogens is 12. The lowest BCUT2D eigenvalue weighted by Crippen LogP contribution is -2.49. The maximum atomic E-state index is 15.6. The summed E-state index contributed by atoms with van der Waals surface area (Å²) in [6, 6.07) is 9.40. The third kappa shape index (κ3) is 11.5. The van der Waals surface area contributed by atoms with Gasteiger partial charge in [0.25, 0.3) is 0 Å². The summed E-state index contributed by atoms with van der Waals surface area (Å²) in [5.74, 6) is -2.07. The largest absolute Gasteiger partial charge is 0.418 e. The van der Waals surface area contributed by atoms with Crippen LogP contribution in [0.4, 0.5) is 52.7 Å². The number of hydrogen-bond donors (Lipinski definition) is 0. The predicted molar refractivity (Wildman–Crippen MR) is 224 cm³/mol. The highest BCUT2D eigenvalue weighted by molar-refractivity contribution is 7.99. The molecule has 6 rings (SSSR count). The van der Waals surface area contributed by atoms with Crippen LogP contribution >= 0.6 is 11.8 Å². The summed E-state index contributed by atoms with van der Waals surface area (Å²) in [4.78, 5) is 53.2. The van der Waals surface area contributed by atoms with Crippen molar-refractivity contribution in [2.24, 2.45) is 0 Å². The van der Waals surface area contributed by atoms with Crippen LogP contribution in [0.1, 0.15) is 47.2 Å². The third-order valence-corrected chi connectivity index (χ3v) is 12.2. The number of amides is 4. The molecule has 2 aliphatic rings. The molecular formula is C46H38F12N4O4S. The normalized spacial score (nSPS) is 15.5. The molecule has 0 unspecified atom stereocenters. The summed E-state index contributed by atoms with van der Waals surface area (Å²) in [5.41, 5.74) is -12.4. The molecule has 67 heavy (non-hydrogen) atoms. The molecular weight excluding hydrogens is 933 g/mol. The van der Waals surface area contributed by atoms with Crippen LogP contribution < -0.4 is 0 Å². The van der Waals surface area contributed by atoms with Gasteiger partial charge in [0.05, 0.1) is 22.3 Å². The lowest BCUT2D eigenvalue weighted by atomic mass is 9.90. The van der Waals surface area contributed by atoms with Crippen molar-refractivity contribution < 1.29 is 71.9 Å². The molecule has 0 bridgehead atoms. The minimum absolute atomic E-state index is 0.0251. The van der Waals surface area contributed by atoms with Crippen LogP contribution in [-0.2, 0) is 43.9 Å². The van der Waals surface area contributed by atoms with E-state index in [1.807, 2.05) is 0 Å². The summed E-state index contributed by atoms with van der Waals surface area (Å²) < 4.78 is 181. The second kappa shape index (κ2) is 19.5. The molecule has 4 aromatic rings. The minimum Gasteiger partial charge on any atom is -0.339 e. The fourth-order valence-electron chi connectivity index (χ4n) is 7.82. The van der Waals surface area contributed by atoms with Gasteiger partial charge in [-0.05, 0) is 58.7 Å². The summed E-state index contributed by atoms with van der Waals surface area (Å²) in [6.45, 7) is 3.24. The number of carbonyl (C=O) groups is 4. The van der Waals surface area contributed by atoms with E-state index in [4.69, 9.17) is 0 Å². The van der Waals surface area contributed by atoms with Gasteiger partial charge in [-0.15, -0.1) is 0 Å². The highest BCUT2D eigenvalue weighted by atomic mass is 32.2. The van der Waals surface area contributed by atoms with Crippen molar-refractivity contribution >= 4 is 47.5 Å². The first-order chi connectivity index (χ1) is 31.3. The van der Waals surface area contributed by atoms with Crippen molar-refractivity contribution in [3.63, 3.8) is 0 Å². The molecule has 0 atom stereocenters. The zero-order valence-electron chi connectivity index (χ0n) is 35.3. The van der Waals surface area contributed by atoms with Gasteiger partial charge in [-0.1, -0.05) is 60.3 Å². The number of hydrogen-bond acceptors (Lipinski definition) is 5. The van der Waals surface area contributed by atoms with Crippen LogP contribution in [0.2, 0.25) is 0 Å². The highest BCUT2D eigenvalue weighted by Gasteiger charge is 2.44. The van der Waals surface area contributed by atoms with Crippen molar-refractivity contribution in [3.05, 3.63) is 118 Å². The number of alkyl halides is 12. The molecule has 0 aliphatic carbocycles. The van der Waals surface area contributed by atoms with Gasteiger partial charge in [0.15, 0.2) is 0 Å². The standard InChI is InChI=1S/C46H38F12N4O4S/c1-27(63)59-19-23-61(24-20-59)37(65)17-13-29-11-15-35(41(45(53,54)55)39(29)31-7-3-5-9-33(31)43(47,48)49)67-36-16-12-30(14-18-38(66)62-25-21-60(22-26-62)28(2)64)40(42(36)46(56,57)58)32-8-4-6-10-34(32)44(50,51)52/h3-18H,19-26H2,1-2H3. The maximum Gasteiger partial charge on any atom is 0.418 e. The average molecular weight is 971 g/mol. The van der Waals surface area contributed by atoms with Gasteiger partial charge < -0.3 is 19.6 Å². The third-order valence-electron chi connectivity index (χ3n) is 11.1. The molecule has 0 saturated carbocycles. The topological polar surface area (TPSA) is 81.2 Å². The Morgan fingerprint density at radius 2 is 0.761 bits per heavy atom. The molecule has 356 valence electrons. The number of nitrogens with zero attached hydrogens (tertiary/aromatic N) is 4. The Morgan fingerprint density at radius 1 is 0.448 bits per heavy atom. The first kappa shape index (κ1) is 50.2. The zero-order chi connectivity index (χ0) is 49.2. The SMILES string of the molecule is CC(=O)N1CCN(C(=O)C=Cc2ccc(Sc3ccc(C=CC(=O)N4CCN(C(C)=O)CC4)c(-c4ccccc4C(F)(F)F)c3C(F)(F)F)c(C(F)(F)F)c2-c2ccccc2C(F)(F)F)CC1. The van der Waals surface area contributed by atoms with Crippen molar-refractivity contribution in [1.82, 2.24) is 19.6 Å². The lowest BCUT2D eigenvalue weighted by Gasteiger charge is -2.33. The Bertz CT molecular complexity index is 2430. The van der Waals surface area contributed by atoms with Crippen molar-refractivity contribution in [1.29, 1.82) is 0 Å². The van der Waals surface area contributed by atoms with Gasteiger partial charge in [0.2, 0.25) is 23.6 Å². The van der Waals surface area contributed by atoms with Gasteiger partial charge in [-0.25, -0.2) is 0 Å². The Hall–Kier alpha value is -6.25. The number of rotatable bonds is 8. The summed E-state index contributed by atoms with van der Waals surface area (Å²) in [5, 5.41) is 0. The number of piperazine rings is 2. The van der Waals surface area contributed by atoms with Gasteiger partial charge in [0, 0.05) is 99.3 Å². The number of carbonyl (C=O) groups excluding carboxylic acids is 4. The van der Waals surface area contributed by atoms with E-state index in [2.05, 4.69) is 0 Å². The summed E-state index contributed by atoms with van der Waals surface area (Å²) in [7, 11) is 0. The van der Waals surface area contributed by atoms with Crippen molar-refractivity contribution in [3.8, 4) is 22.3 Å². The highest BCUT2D eigenvalue weighted by Crippen LogP contribution is 2.53. The minimum atomic E-state index is -5.61. The lowest BCUT2D eigenvalue weighted by molar-refractivity contribution is -0.141. The van der Waals surface area contributed by atoms with Crippen molar-refractivity contribution in [2.75, 3.05) is 52.4 Å². The first-order valence-electron chi connectivity index (χ1n) is 20.2. The van der Waals surface area contributed by atoms with Crippen LogP contribution in [0.5, 0.6) is 0 Å². The Kier molecular flexibility index (Phi) is 14.6. The maximum absolute atomic E-state index is 15.6. The van der Waals surface area contributed by atoms with E-state index in [1.54, 1.807) is 0 Å². The van der Waals surface area contributed by atoms with Crippen LogP contribution in [0.3, 0.4) is 0 Å². The second-order valence-corrected chi connectivity index (χ2v) is 16.4. The van der Waals surface area contributed by atoms with E-state index in [-0.39, 0.29) is 75.9 Å². The second-order valence-electron chi connectivity index (χ2n) is 15.3. The smallest absolute Gasteiger partial charge is 0.339 e. The van der Waals surface area contributed by atoms with Gasteiger partial charge >= 0.3 is 24.7 Å². The summed E-state index contributed by atoms with van der Waals surface area (Å²) >= 11 is -0.210. The molecule has 2 fully saturated rings. The average Bonchev–Trinajstić information content (AvgIpc) is 3.26. The molecule has 4 amide bonds. The Morgan fingerprint density at radius 3 is 1.06 bits per heavy atom. The van der Waals surface area contributed by atoms with E-state index in [9.17, 15) is 45.5 Å². The van der Waals surface area contributed by atoms with E-state index in [0.29, 0.717) is 24.3 Å².